The van der Waals surface area contributed by atoms with Gasteiger partial charge in [-0.1, -0.05) is 6.92 Å². The SMILES string of the molecule is CCCNC(=O)CN1CCN(C(=O)CCNC)CC1. The fourth-order valence-electron chi connectivity index (χ4n) is 2.07. The van der Waals surface area contributed by atoms with Gasteiger partial charge in [0.05, 0.1) is 6.54 Å². The van der Waals surface area contributed by atoms with Gasteiger partial charge in [0.25, 0.3) is 0 Å². The number of carbonyl (C=O) groups is 2. The molecule has 2 N–H and O–H groups in total. The molecule has 0 aliphatic carbocycles. The molecule has 0 aromatic heterocycles. The average Bonchev–Trinajstić information content (AvgIpc) is 2.43. The van der Waals surface area contributed by atoms with Crippen LogP contribution in [0, 0.1) is 0 Å². The second-order valence-electron chi connectivity index (χ2n) is 4.86. The summed E-state index contributed by atoms with van der Waals surface area (Å²) >= 11 is 0. The predicted octanol–water partition coefficient (Wildman–Crippen LogP) is -0.734. The zero-order chi connectivity index (χ0) is 14.1. The zero-order valence-corrected chi connectivity index (χ0v) is 12.1. The standard InChI is InChI=1S/C13H26N4O2/c1-3-5-15-12(18)11-16-7-9-17(10-8-16)13(19)4-6-14-2/h14H,3-11H2,1-2H3,(H,15,18). The third-order valence-electron chi connectivity index (χ3n) is 3.25. The smallest absolute Gasteiger partial charge is 0.234 e. The van der Waals surface area contributed by atoms with Crippen LogP contribution in [0.15, 0.2) is 0 Å². The highest BCUT2D eigenvalue weighted by molar-refractivity contribution is 5.78. The number of nitrogens with one attached hydrogen (secondary N) is 2. The molecule has 0 bridgehead atoms. The summed E-state index contributed by atoms with van der Waals surface area (Å²) in [6.45, 7) is 6.96. The molecule has 1 aliphatic rings. The Hall–Kier alpha value is -1.14. The van der Waals surface area contributed by atoms with Crippen LogP contribution in [-0.2, 0) is 9.59 Å². The van der Waals surface area contributed by atoms with E-state index in [0.717, 1.165) is 45.7 Å². The number of nitrogens with zero attached hydrogens (tertiary/aromatic N) is 2. The second-order valence-corrected chi connectivity index (χ2v) is 4.86. The minimum Gasteiger partial charge on any atom is -0.355 e. The summed E-state index contributed by atoms with van der Waals surface area (Å²) < 4.78 is 0. The van der Waals surface area contributed by atoms with Crippen LogP contribution in [0.4, 0.5) is 0 Å². The van der Waals surface area contributed by atoms with Crippen molar-refractivity contribution in [2.24, 2.45) is 0 Å². The van der Waals surface area contributed by atoms with Gasteiger partial charge in [0.1, 0.15) is 0 Å². The lowest BCUT2D eigenvalue weighted by Crippen LogP contribution is -2.51. The topological polar surface area (TPSA) is 64.7 Å². The highest BCUT2D eigenvalue weighted by atomic mass is 16.2. The van der Waals surface area contributed by atoms with Gasteiger partial charge in [0.15, 0.2) is 0 Å². The van der Waals surface area contributed by atoms with Crippen molar-refractivity contribution in [2.45, 2.75) is 19.8 Å². The molecule has 19 heavy (non-hydrogen) atoms. The van der Waals surface area contributed by atoms with Crippen molar-refractivity contribution in [1.29, 1.82) is 0 Å². The van der Waals surface area contributed by atoms with Crippen molar-refractivity contribution >= 4 is 11.8 Å². The van der Waals surface area contributed by atoms with Crippen molar-refractivity contribution in [3.05, 3.63) is 0 Å². The molecule has 110 valence electrons. The Morgan fingerprint density at radius 2 is 1.79 bits per heavy atom. The molecule has 1 heterocycles. The second kappa shape index (κ2) is 8.87. The molecule has 0 aromatic carbocycles. The summed E-state index contributed by atoms with van der Waals surface area (Å²) in [4.78, 5) is 27.4. The maximum absolute atomic E-state index is 11.8. The number of carbonyl (C=O) groups excluding carboxylic acids is 2. The van der Waals surface area contributed by atoms with Crippen LogP contribution in [0.2, 0.25) is 0 Å². The van der Waals surface area contributed by atoms with Crippen LogP contribution >= 0.6 is 0 Å². The quantitative estimate of drug-likeness (QED) is 0.640. The molecule has 6 nitrogen and oxygen atoms in total. The maximum atomic E-state index is 11.8. The third kappa shape index (κ3) is 6.02. The summed E-state index contributed by atoms with van der Waals surface area (Å²) in [5.41, 5.74) is 0. The van der Waals surface area contributed by atoms with E-state index in [1.807, 2.05) is 18.9 Å². The van der Waals surface area contributed by atoms with E-state index in [1.165, 1.54) is 0 Å². The van der Waals surface area contributed by atoms with Crippen LogP contribution in [0.25, 0.3) is 0 Å². The van der Waals surface area contributed by atoms with E-state index in [0.29, 0.717) is 13.0 Å². The molecule has 0 spiro atoms. The van der Waals surface area contributed by atoms with Crippen molar-refractivity contribution in [1.82, 2.24) is 20.4 Å². The number of piperazine rings is 1. The number of amides is 2. The molecule has 1 rings (SSSR count). The number of hydrogen-bond donors (Lipinski definition) is 2. The van der Waals surface area contributed by atoms with E-state index < -0.39 is 0 Å². The Morgan fingerprint density at radius 1 is 1.11 bits per heavy atom. The Morgan fingerprint density at radius 3 is 2.37 bits per heavy atom. The van der Waals surface area contributed by atoms with Crippen molar-refractivity contribution in [2.75, 3.05) is 52.9 Å². The first-order chi connectivity index (χ1) is 9.17. The van der Waals surface area contributed by atoms with Crippen LogP contribution < -0.4 is 10.6 Å². The maximum Gasteiger partial charge on any atom is 0.234 e. The summed E-state index contributed by atoms with van der Waals surface area (Å²) in [6, 6.07) is 0. The molecule has 0 atom stereocenters. The molecule has 0 saturated carbocycles. The monoisotopic (exact) mass is 270 g/mol. The molecule has 0 aromatic rings. The first kappa shape index (κ1) is 15.9. The Labute approximate surface area is 115 Å². The van der Waals surface area contributed by atoms with E-state index in [4.69, 9.17) is 0 Å². The summed E-state index contributed by atoms with van der Waals surface area (Å²) in [6.07, 6.45) is 1.51. The van der Waals surface area contributed by atoms with E-state index in [-0.39, 0.29) is 11.8 Å². The molecule has 0 unspecified atom stereocenters. The van der Waals surface area contributed by atoms with Gasteiger partial charge in [-0.2, -0.15) is 0 Å². The Balaban J connectivity index is 2.21. The normalized spacial score (nSPS) is 16.4. The average molecular weight is 270 g/mol. The van der Waals surface area contributed by atoms with Gasteiger partial charge in [0.2, 0.25) is 11.8 Å². The van der Waals surface area contributed by atoms with E-state index >= 15 is 0 Å². The minimum atomic E-state index is 0.0804. The number of rotatable bonds is 7. The number of hydrogen-bond acceptors (Lipinski definition) is 4. The fraction of sp³-hybridized carbons (Fsp3) is 0.846. The van der Waals surface area contributed by atoms with Crippen molar-refractivity contribution in [3.63, 3.8) is 0 Å². The summed E-state index contributed by atoms with van der Waals surface area (Å²) in [5, 5.41) is 5.85. The highest BCUT2D eigenvalue weighted by Gasteiger charge is 2.21. The van der Waals surface area contributed by atoms with Gasteiger partial charge in [-0.05, 0) is 13.5 Å². The zero-order valence-electron chi connectivity index (χ0n) is 12.1. The molecule has 0 radical (unpaired) electrons. The van der Waals surface area contributed by atoms with Gasteiger partial charge in [-0.15, -0.1) is 0 Å². The predicted molar refractivity (Wildman–Crippen MR) is 74.9 cm³/mol. The largest absolute Gasteiger partial charge is 0.355 e. The molecular formula is C13H26N4O2. The van der Waals surface area contributed by atoms with Gasteiger partial charge < -0.3 is 15.5 Å². The van der Waals surface area contributed by atoms with Gasteiger partial charge in [0, 0.05) is 45.7 Å². The summed E-state index contributed by atoms with van der Waals surface area (Å²) in [7, 11) is 1.85. The first-order valence-corrected chi connectivity index (χ1v) is 7.08. The van der Waals surface area contributed by atoms with E-state index in [2.05, 4.69) is 15.5 Å². The molecular weight excluding hydrogens is 244 g/mol. The molecule has 2 amide bonds. The Kier molecular flexibility index (Phi) is 7.43. The molecule has 1 fully saturated rings. The van der Waals surface area contributed by atoms with Gasteiger partial charge in [-0.25, -0.2) is 0 Å². The van der Waals surface area contributed by atoms with Crippen molar-refractivity contribution < 1.29 is 9.59 Å². The summed E-state index contributed by atoms with van der Waals surface area (Å²) in [5.74, 6) is 0.279. The van der Waals surface area contributed by atoms with E-state index in [1.54, 1.807) is 0 Å². The molecule has 1 saturated heterocycles. The van der Waals surface area contributed by atoms with Crippen LogP contribution in [0.5, 0.6) is 0 Å². The lowest BCUT2D eigenvalue weighted by Gasteiger charge is -2.34. The molecule has 1 aliphatic heterocycles. The van der Waals surface area contributed by atoms with Crippen molar-refractivity contribution in [3.8, 4) is 0 Å². The highest BCUT2D eigenvalue weighted by Crippen LogP contribution is 2.03. The van der Waals surface area contributed by atoms with Gasteiger partial charge >= 0.3 is 0 Å². The Bertz CT molecular complexity index is 288. The van der Waals surface area contributed by atoms with Gasteiger partial charge in [-0.3, -0.25) is 14.5 Å². The lowest BCUT2D eigenvalue weighted by atomic mass is 10.2. The lowest BCUT2D eigenvalue weighted by molar-refractivity contribution is -0.133. The minimum absolute atomic E-state index is 0.0804. The van der Waals surface area contributed by atoms with Crippen LogP contribution in [-0.4, -0.2) is 74.5 Å². The van der Waals surface area contributed by atoms with Crippen LogP contribution in [0.1, 0.15) is 19.8 Å². The first-order valence-electron chi connectivity index (χ1n) is 7.08. The van der Waals surface area contributed by atoms with Crippen LogP contribution in [0.3, 0.4) is 0 Å². The third-order valence-corrected chi connectivity index (χ3v) is 3.25. The molecule has 6 heteroatoms. The van der Waals surface area contributed by atoms with E-state index in [9.17, 15) is 9.59 Å². The fourth-order valence-corrected chi connectivity index (χ4v) is 2.07.